The van der Waals surface area contributed by atoms with Crippen LogP contribution in [-0.2, 0) is 10.0 Å². The summed E-state index contributed by atoms with van der Waals surface area (Å²) in [6.07, 6.45) is 1.38. The standard InChI is InChI=1S/C16H17ClN2O4S/c1-3-23-15-9-4-12(10-16(15)22-2)11-18-19-24(20,21)14-7-5-13(17)6-8-14/h4-11,19H,3H2,1-2H3/b18-11-. The lowest BCUT2D eigenvalue weighted by molar-refractivity contribution is 0.311. The molecule has 0 fully saturated rings. The minimum atomic E-state index is -3.74. The maximum absolute atomic E-state index is 12.1. The number of halogens is 1. The molecule has 0 unspecified atom stereocenters. The van der Waals surface area contributed by atoms with E-state index in [4.69, 9.17) is 21.1 Å². The lowest BCUT2D eigenvalue weighted by Gasteiger charge is -2.09. The summed E-state index contributed by atoms with van der Waals surface area (Å²) in [4.78, 5) is 2.22. The molecule has 0 aliphatic rings. The monoisotopic (exact) mass is 368 g/mol. The molecule has 2 rings (SSSR count). The highest BCUT2D eigenvalue weighted by Gasteiger charge is 2.12. The Balaban J connectivity index is 2.12. The van der Waals surface area contributed by atoms with E-state index in [-0.39, 0.29) is 4.90 Å². The summed E-state index contributed by atoms with van der Waals surface area (Å²) < 4.78 is 34.8. The second kappa shape index (κ2) is 8.03. The molecule has 8 heteroatoms. The van der Waals surface area contributed by atoms with Gasteiger partial charge in [0.05, 0.1) is 24.8 Å². The molecule has 0 saturated carbocycles. The van der Waals surface area contributed by atoms with Crippen molar-refractivity contribution in [3.05, 3.63) is 53.1 Å². The smallest absolute Gasteiger partial charge is 0.276 e. The van der Waals surface area contributed by atoms with Crippen LogP contribution in [0.2, 0.25) is 5.02 Å². The Labute approximate surface area is 146 Å². The Hall–Kier alpha value is -2.25. The van der Waals surface area contributed by atoms with Gasteiger partial charge in [-0.3, -0.25) is 0 Å². The van der Waals surface area contributed by atoms with Crippen LogP contribution in [0.1, 0.15) is 12.5 Å². The fraction of sp³-hybridized carbons (Fsp3) is 0.188. The molecular formula is C16H17ClN2O4S. The Bertz CT molecular complexity index is 820. The number of nitrogens with one attached hydrogen (secondary N) is 1. The minimum absolute atomic E-state index is 0.0772. The molecule has 0 aliphatic heterocycles. The van der Waals surface area contributed by atoms with Crippen molar-refractivity contribution in [2.45, 2.75) is 11.8 Å². The summed E-state index contributed by atoms with van der Waals surface area (Å²) in [6, 6.07) is 11.0. The average Bonchev–Trinajstić information content (AvgIpc) is 2.56. The number of ether oxygens (including phenoxy) is 2. The topological polar surface area (TPSA) is 77.0 Å². The fourth-order valence-electron chi connectivity index (χ4n) is 1.88. The number of hydrogen-bond donors (Lipinski definition) is 1. The van der Waals surface area contributed by atoms with Gasteiger partial charge in [0, 0.05) is 5.02 Å². The lowest BCUT2D eigenvalue weighted by Crippen LogP contribution is -2.18. The molecule has 0 aromatic heterocycles. The van der Waals surface area contributed by atoms with Crippen LogP contribution < -0.4 is 14.3 Å². The van der Waals surface area contributed by atoms with Crippen LogP contribution in [0.3, 0.4) is 0 Å². The molecule has 0 aliphatic carbocycles. The molecule has 0 radical (unpaired) electrons. The largest absolute Gasteiger partial charge is 0.493 e. The third-order valence-electron chi connectivity index (χ3n) is 3.00. The van der Waals surface area contributed by atoms with Crippen LogP contribution in [0, 0.1) is 0 Å². The van der Waals surface area contributed by atoms with E-state index in [9.17, 15) is 8.42 Å². The lowest BCUT2D eigenvalue weighted by atomic mass is 10.2. The zero-order valence-electron chi connectivity index (χ0n) is 13.2. The Morgan fingerprint density at radius 2 is 1.88 bits per heavy atom. The van der Waals surface area contributed by atoms with Gasteiger partial charge in [-0.15, -0.1) is 0 Å². The van der Waals surface area contributed by atoms with Crippen molar-refractivity contribution in [2.24, 2.45) is 5.10 Å². The third kappa shape index (κ3) is 4.62. The van der Waals surface area contributed by atoms with Gasteiger partial charge in [-0.25, -0.2) is 4.83 Å². The van der Waals surface area contributed by atoms with Gasteiger partial charge in [0.15, 0.2) is 11.5 Å². The van der Waals surface area contributed by atoms with Gasteiger partial charge in [0.2, 0.25) is 0 Å². The van der Waals surface area contributed by atoms with Crippen molar-refractivity contribution < 1.29 is 17.9 Å². The molecule has 0 amide bonds. The van der Waals surface area contributed by atoms with Crippen LogP contribution >= 0.6 is 11.6 Å². The second-order valence-corrected chi connectivity index (χ2v) is 6.75. The van der Waals surface area contributed by atoms with Gasteiger partial charge < -0.3 is 9.47 Å². The molecule has 2 aromatic rings. The van der Waals surface area contributed by atoms with E-state index in [2.05, 4.69) is 9.93 Å². The number of sulfonamides is 1. The van der Waals surface area contributed by atoms with Crippen LogP contribution in [-0.4, -0.2) is 28.3 Å². The highest BCUT2D eigenvalue weighted by atomic mass is 35.5. The summed E-state index contributed by atoms with van der Waals surface area (Å²) >= 11 is 5.74. The maximum atomic E-state index is 12.1. The number of rotatable bonds is 7. The second-order valence-electron chi connectivity index (χ2n) is 4.65. The molecule has 0 saturated heterocycles. The maximum Gasteiger partial charge on any atom is 0.276 e. The molecular weight excluding hydrogens is 352 g/mol. The number of hydrazone groups is 1. The van der Waals surface area contributed by atoms with E-state index in [1.54, 1.807) is 18.2 Å². The van der Waals surface area contributed by atoms with Gasteiger partial charge >= 0.3 is 0 Å². The van der Waals surface area contributed by atoms with E-state index in [1.165, 1.54) is 37.6 Å². The molecule has 0 atom stereocenters. The van der Waals surface area contributed by atoms with Crippen LogP contribution in [0.15, 0.2) is 52.5 Å². The average molecular weight is 369 g/mol. The van der Waals surface area contributed by atoms with Crippen molar-refractivity contribution in [1.82, 2.24) is 4.83 Å². The van der Waals surface area contributed by atoms with E-state index >= 15 is 0 Å². The van der Waals surface area contributed by atoms with E-state index < -0.39 is 10.0 Å². The fourth-order valence-corrected chi connectivity index (χ4v) is 2.79. The first-order valence-electron chi connectivity index (χ1n) is 7.07. The van der Waals surface area contributed by atoms with Crippen LogP contribution in [0.5, 0.6) is 11.5 Å². The van der Waals surface area contributed by atoms with Crippen LogP contribution in [0.25, 0.3) is 0 Å². The first-order chi connectivity index (χ1) is 11.5. The quantitative estimate of drug-likeness (QED) is 0.602. The molecule has 6 nitrogen and oxygen atoms in total. The first-order valence-corrected chi connectivity index (χ1v) is 8.93. The van der Waals surface area contributed by atoms with Crippen molar-refractivity contribution in [2.75, 3.05) is 13.7 Å². The molecule has 128 valence electrons. The Morgan fingerprint density at radius 3 is 2.50 bits per heavy atom. The zero-order chi connectivity index (χ0) is 17.6. The van der Waals surface area contributed by atoms with Gasteiger partial charge in [-0.1, -0.05) is 11.6 Å². The summed E-state index contributed by atoms with van der Waals surface area (Å²) in [6.45, 7) is 2.39. The summed E-state index contributed by atoms with van der Waals surface area (Å²) in [7, 11) is -2.21. The van der Waals surface area contributed by atoms with Crippen LogP contribution in [0.4, 0.5) is 0 Å². The normalized spacial score (nSPS) is 11.5. The van der Waals surface area contributed by atoms with Crippen molar-refractivity contribution in [1.29, 1.82) is 0 Å². The molecule has 1 N–H and O–H groups in total. The molecule has 2 aromatic carbocycles. The Morgan fingerprint density at radius 1 is 1.17 bits per heavy atom. The van der Waals surface area contributed by atoms with Gasteiger partial charge in [-0.05, 0) is 55.0 Å². The first kappa shape index (κ1) is 18.1. The minimum Gasteiger partial charge on any atom is -0.493 e. The van der Waals surface area contributed by atoms with Gasteiger partial charge in [-0.2, -0.15) is 13.5 Å². The van der Waals surface area contributed by atoms with Gasteiger partial charge in [0.1, 0.15) is 0 Å². The van der Waals surface area contributed by atoms with E-state index in [0.29, 0.717) is 28.7 Å². The van der Waals surface area contributed by atoms with Crippen molar-refractivity contribution in [3.63, 3.8) is 0 Å². The predicted octanol–water partition coefficient (Wildman–Crippen LogP) is 3.06. The van der Waals surface area contributed by atoms with Gasteiger partial charge in [0.25, 0.3) is 10.0 Å². The third-order valence-corrected chi connectivity index (χ3v) is 4.49. The Kier molecular flexibility index (Phi) is 6.05. The number of benzene rings is 2. The molecule has 0 spiro atoms. The highest BCUT2D eigenvalue weighted by Crippen LogP contribution is 2.27. The number of hydrogen-bond acceptors (Lipinski definition) is 5. The van der Waals surface area contributed by atoms with E-state index in [0.717, 1.165) is 0 Å². The summed E-state index contributed by atoms with van der Waals surface area (Å²) in [5.74, 6) is 1.15. The van der Waals surface area contributed by atoms with Crippen molar-refractivity contribution >= 4 is 27.8 Å². The zero-order valence-corrected chi connectivity index (χ0v) is 14.8. The summed E-state index contributed by atoms with van der Waals surface area (Å²) in [5, 5.41) is 4.23. The summed E-state index contributed by atoms with van der Waals surface area (Å²) in [5.41, 5.74) is 0.661. The molecule has 0 heterocycles. The predicted molar refractivity (Wildman–Crippen MR) is 93.5 cm³/mol. The van der Waals surface area contributed by atoms with Crippen molar-refractivity contribution in [3.8, 4) is 11.5 Å². The molecule has 0 bridgehead atoms. The van der Waals surface area contributed by atoms with E-state index in [1.807, 2.05) is 6.92 Å². The molecule has 24 heavy (non-hydrogen) atoms. The SMILES string of the molecule is CCOc1ccc(/C=N\NS(=O)(=O)c2ccc(Cl)cc2)cc1OC. The number of nitrogens with zero attached hydrogens (tertiary/aromatic N) is 1. The highest BCUT2D eigenvalue weighted by molar-refractivity contribution is 7.89. The number of methoxy groups -OCH3 is 1.